The van der Waals surface area contributed by atoms with Gasteiger partial charge in [0.2, 0.25) is 0 Å². The molecule has 2 nitrogen and oxygen atoms in total. The summed E-state index contributed by atoms with van der Waals surface area (Å²) in [6.45, 7) is 3.31. The van der Waals surface area contributed by atoms with Crippen molar-refractivity contribution < 1.29 is 4.74 Å². The van der Waals surface area contributed by atoms with Crippen molar-refractivity contribution >= 4 is 0 Å². The normalized spacial score (nSPS) is 20.4. The van der Waals surface area contributed by atoms with Crippen LogP contribution in [-0.4, -0.2) is 19.7 Å². The highest BCUT2D eigenvalue weighted by atomic mass is 16.5. The van der Waals surface area contributed by atoms with Gasteiger partial charge in [-0.3, -0.25) is 0 Å². The Balaban J connectivity index is 2.00. The molecule has 0 spiro atoms. The van der Waals surface area contributed by atoms with Crippen molar-refractivity contribution in [1.29, 1.82) is 0 Å². The van der Waals surface area contributed by atoms with Crippen LogP contribution in [0.15, 0.2) is 35.9 Å². The molecule has 0 amide bonds. The second kappa shape index (κ2) is 5.17. The molecule has 0 bridgehead atoms. The molecule has 1 aromatic carbocycles. The largest absolute Gasteiger partial charge is 0.497 e. The zero-order valence-electron chi connectivity index (χ0n) is 9.99. The number of rotatable bonds is 3. The number of hydrogen-bond donors (Lipinski definition) is 1. The van der Waals surface area contributed by atoms with E-state index >= 15 is 0 Å². The predicted molar refractivity (Wildman–Crippen MR) is 66.9 cm³/mol. The van der Waals surface area contributed by atoms with Crippen molar-refractivity contribution in [2.45, 2.75) is 25.8 Å². The van der Waals surface area contributed by atoms with Gasteiger partial charge in [-0.15, -0.1) is 0 Å². The molecule has 1 N–H and O–H groups in total. The highest BCUT2D eigenvalue weighted by molar-refractivity contribution is 5.28. The Morgan fingerprint density at radius 3 is 2.69 bits per heavy atom. The highest BCUT2D eigenvalue weighted by Crippen LogP contribution is 2.15. The summed E-state index contributed by atoms with van der Waals surface area (Å²) in [5.74, 6) is 0.923. The molecular weight excluding hydrogens is 198 g/mol. The first-order chi connectivity index (χ1) is 7.78. The summed E-state index contributed by atoms with van der Waals surface area (Å²) in [7, 11) is 1.70. The third kappa shape index (κ3) is 2.86. The lowest BCUT2D eigenvalue weighted by molar-refractivity contribution is 0.414. The SMILES string of the molecule is COc1ccc(CC2C=C(C)CCN2)cc1. The van der Waals surface area contributed by atoms with Crippen molar-refractivity contribution in [1.82, 2.24) is 5.32 Å². The highest BCUT2D eigenvalue weighted by Gasteiger charge is 2.10. The molecular formula is C14H19NO. The first-order valence-corrected chi connectivity index (χ1v) is 5.81. The van der Waals surface area contributed by atoms with Gasteiger partial charge in [-0.2, -0.15) is 0 Å². The monoisotopic (exact) mass is 217 g/mol. The Hall–Kier alpha value is -1.28. The predicted octanol–water partition coefficient (Wildman–Crippen LogP) is 2.55. The second-order valence-electron chi connectivity index (χ2n) is 4.38. The number of methoxy groups -OCH3 is 1. The minimum Gasteiger partial charge on any atom is -0.497 e. The van der Waals surface area contributed by atoms with Crippen LogP contribution in [0.4, 0.5) is 0 Å². The van der Waals surface area contributed by atoms with Gasteiger partial charge in [0.25, 0.3) is 0 Å². The summed E-state index contributed by atoms with van der Waals surface area (Å²) in [6, 6.07) is 8.81. The van der Waals surface area contributed by atoms with Crippen LogP contribution in [0.5, 0.6) is 5.75 Å². The van der Waals surface area contributed by atoms with E-state index in [1.54, 1.807) is 7.11 Å². The van der Waals surface area contributed by atoms with Gasteiger partial charge in [-0.1, -0.05) is 23.8 Å². The zero-order chi connectivity index (χ0) is 11.4. The van der Waals surface area contributed by atoms with Crippen molar-refractivity contribution in [3.63, 3.8) is 0 Å². The van der Waals surface area contributed by atoms with Crippen molar-refractivity contribution in [2.24, 2.45) is 0 Å². The second-order valence-corrected chi connectivity index (χ2v) is 4.38. The lowest BCUT2D eigenvalue weighted by Gasteiger charge is -2.21. The molecule has 0 saturated heterocycles. The van der Waals surface area contributed by atoms with E-state index in [0.717, 1.165) is 18.7 Å². The van der Waals surface area contributed by atoms with Crippen LogP contribution in [0.2, 0.25) is 0 Å². The molecule has 1 heterocycles. The van der Waals surface area contributed by atoms with E-state index in [-0.39, 0.29) is 0 Å². The summed E-state index contributed by atoms with van der Waals surface area (Å²) < 4.78 is 5.15. The van der Waals surface area contributed by atoms with Crippen LogP contribution in [0.1, 0.15) is 18.9 Å². The Morgan fingerprint density at radius 2 is 2.06 bits per heavy atom. The molecule has 0 aliphatic carbocycles. The number of ether oxygens (including phenoxy) is 1. The van der Waals surface area contributed by atoms with Crippen molar-refractivity contribution in [3.05, 3.63) is 41.5 Å². The molecule has 0 fully saturated rings. The van der Waals surface area contributed by atoms with Gasteiger partial charge in [-0.05, 0) is 44.0 Å². The molecule has 1 aliphatic heterocycles. The quantitative estimate of drug-likeness (QED) is 0.786. The fraction of sp³-hybridized carbons (Fsp3) is 0.429. The minimum absolute atomic E-state index is 0.488. The molecule has 1 atom stereocenters. The Labute approximate surface area is 97.3 Å². The summed E-state index contributed by atoms with van der Waals surface area (Å²) >= 11 is 0. The molecule has 0 aromatic heterocycles. The van der Waals surface area contributed by atoms with Crippen molar-refractivity contribution in [2.75, 3.05) is 13.7 Å². The molecule has 86 valence electrons. The molecule has 0 saturated carbocycles. The first-order valence-electron chi connectivity index (χ1n) is 5.81. The van der Waals surface area contributed by atoms with Gasteiger partial charge in [0.1, 0.15) is 5.75 Å². The fourth-order valence-electron chi connectivity index (χ4n) is 2.09. The Kier molecular flexibility index (Phi) is 3.62. The number of nitrogens with one attached hydrogen (secondary N) is 1. The molecule has 0 radical (unpaired) electrons. The average Bonchev–Trinajstić information content (AvgIpc) is 2.30. The minimum atomic E-state index is 0.488. The summed E-state index contributed by atoms with van der Waals surface area (Å²) in [5.41, 5.74) is 2.85. The van der Waals surface area contributed by atoms with Gasteiger partial charge in [0.05, 0.1) is 7.11 Å². The lowest BCUT2D eigenvalue weighted by Crippen LogP contribution is -2.33. The van der Waals surface area contributed by atoms with E-state index in [1.165, 1.54) is 17.6 Å². The molecule has 2 heteroatoms. The van der Waals surface area contributed by atoms with Crippen LogP contribution in [0, 0.1) is 0 Å². The van der Waals surface area contributed by atoms with E-state index < -0.39 is 0 Å². The van der Waals surface area contributed by atoms with E-state index in [4.69, 9.17) is 4.74 Å². The molecule has 1 aliphatic rings. The summed E-state index contributed by atoms with van der Waals surface area (Å²) in [4.78, 5) is 0. The maximum absolute atomic E-state index is 5.15. The van der Waals surface area contributed by atoms with Gasteiger partial charge in [-0.25, -0.2) is 0 Å². The van der Waals surface area contributed by atoms with Gasteiger partial charge >= 0.3 is 0 Å². The summed E-state index contributed by atoms with van der Waals surface area (Å²) in [6.07, 6.45) is 4.58. The standard InChI is InChI=1S/C14H19NO/c1-11-7-8-15-13(9-11)10-12-3-5-14(16-2)6-4-12/h3-6,9,13,15H,7-8,10H2,1-2H3. The number of hydrogen-bond acceptors (Lipinski definition) is 2. The van der Waals surface area contributed by atoms with E-state index in [2.05, 4.69) is 30.4 Å². The molecule has 1 unspecified atom stereocenters. The molecule has 2 rings (SSSR count). The number of benzene rings is 1. The van der Waals surface area contributed by atoms with Crippen LogP contribution < -0.4 is 10.1 Å². The smallest absolute Gasteiger partial charge is 0.118 e. The maximum Gasteiger partial charge on any atom is 0.118 e. The first kappa shape index (κ1) is 11.2. The maximum atomic E-state index is 5.15. The van der Waals surface area contributed by atoms with Crippen LogP contribution in [0.3, 0.4) is 0 Å². The Morgan fingerprint density at radius 1 is 1.31 bits per heavy atom. The molecule has 1 aromatic rings. The van der Waals surface area contributed by atoms with Gasteiger partial charge < -0.3 is 10.1 Å². The fourth-order valence-corrected chi connectivity index (χ4v) is 2.09. The van der Waals surface area contributed by atoms with E-state index in [9.17, 15) is 0 Å². The van der Waals surface area contributed by atoms with E-state index in [1.807, 2.05) is 12.1 Å². The van der Waals surface area contributed by atoms with E-state index in [0.29, 0.717) is 6.04 Å². The Bertz CT molecular complexity index is 367. The lowest BCUT2D eigenvalue weighted by atomic mass is 9.99. The van der Waals surface area contributed by atoms with Gasteiger partial charge in [0, 0.05) is 6.04 Å². The zero-order valence-corrected chi connectivity index (χ0v) is 9.99. The van der Waals surface area contributed by atoms with Crippen LogP contribution in [-0.2, 0) is 6.42 Å². The molecule has 16 heavy (non-hydrogen) atoms. The summed E-state index contributed by atoms with van der Waals surface area (Å²) in [5, 5.41) is 3.52. The van der Waals surface area contributed by atoms with Gasteiger partial charge in [0.15, 0.2) is 0 Å². The van der Waals surface area contributed by atoms with Crippen LogP contribution >= 0.6 is 0 Å². The average molecular weight is 217 g/mol. The third-order valence-electron chi connectivity index (χ3n) is 3.03. The van der Waals surface area contributed by atoms with Crippen LogP contribution in [0.25, 0.3) is 0 Å². The third-order valence-corrected chi connectivity index (χ3v) is 3.03. The topological polar surface area (TPSA) is 21.3 Å². The van der Waals surface area contributed by atoms with Crippen molar-refractivity contribution in [3.8, 4) is 5.75 Å².